The summed E-state index contributed by atoms with van der Waals surface area (Å²) in [5, 5.41) is 0.0224. The van der Waals surface area contributed by atoms with Gasteiger partial charge in [-0.05, 0) is 17.2 Å². The van der Waals surface area contributed by atoms with Crippen molar-refractivity contribution in [2.45, 2.75) is 18.8 Å². The molecule has 2 aliphatic rings. The van der Waals surface area contributed by atoms with E-state index in [1.54, 1.807) is 6.07 Å². The third-order valence-electron chi connectivity index (χ3n) is 3.83. The second-order valence-electron chi connectivity index (χ2n) is 5.14. The van der Waals surface area contributed by atoms with Crippen LogP contribution in [0.4, 0.5) is 4.39 Å². The lowest BCUT2D eigenvalue weighted by Crippen LogP contribution is -2.02. The first-order valence-corrected chi connectivity index (χ1v) is 7.14. The summed E-state index contributed by atoms with van der Waals surface area (Å²) in [5.41, 5.74) is 2.36. The standard InChI is InChI=1S/C17H12ClFO2/c18-16-14(20-9-10-4-2-1-3-5-10)8-11-12-6-7-13(21-12)15(11)17(16)19/h1-8,12-13H,9H2. The van der Waals surface area contributed by atoms with E-state index in [1.165, 1.54) is 0 Å². The predicted molar refractivity (Wildman–Crippen MR) is 77.9 cm³/mol. The molecular weight excluding hydrogens is 291 g/mol. The zero-order chi connectivity index (χ0) is 14.4. The van der Waals surface area contributed by atoms with Crippen LogP contribution in [0.5, 0.6) is 5.75 Å². The number of benzene rings is 2. The van der Waals surface area contributed by atoms with E-state index in [4.69, 9.17) is 21.1 Å². The fourth-order valence-corrected chi connectivity index (χ4v) is 3.00. The summed E-state index contributed by atoms with van der Waals surface area (Å²) in [5.74, 6) is -0.0737. The van der Waals surface area contributed by atoms with Gasteiger partial charge < -0.3 is 9.47 Å². The van der Waals surface area contributed by atoms with Gasteiger partial charge in [0.05, 0.1) is 0 Å². The molecule has 0 N–H and O–H groups in total. The first kappa shape index (κ1) is 12.9. The Labute approximate surface area is 126 Å². The molecule has 2 atom stereocenters. The van der Waals surface area contributed by atoms with Crippen LogP contribution in [0.25, 0.3) is 0 Å². The highest BCUT2D eigenvalue weighted by Crippen LogP contribution is 2.50. The quantitative estimate of drug-likeness (QED) is 0.762. The molecule has 0 spiro atoms. The van der Waals surface area contributed by atoms with Gasteiger partial charge in [0, 0.05) is 5.56 Å². The summed E-state index contributed by atoms with van der Waals surface area (Å²) in [6.45, 7) is 0.351. The lowest BCUT2D eigenvalue weighted by molar-refractivity contribution is 0.0867. The minimum atomic E-state index is -0.436. The van der Waals surface area contributed by atoms with Crippen LogP contribution in [-0.2, 0) is 11.3 Å². The molecule has 106 valence electrons. The molecule has 2 bridgehead atoms. The van der Waals surface area contributed by atoms with Crippen molar-refractivity contribution in [3.63, 3.8) is 0 Å². The lowest BCUT2D eigenvalue weighted by atomic mass is 9.96. The number of fused-ring (bicyclic) bond motifs is 5. The van der Waals surface area contributed by atoms with E-state index in [0.717, 1.165) is 11.1 Å². The maximum atomic E-state index is 14.4. The molecule has 2 aliphatic heterocycles. The third-order valence-corrected chi connectivity index (χ3v) is 4.18. The van der Waals surface area contributed by atoms with Crippen LogP contribution in [0.2, 0.25) is 5.02 Å². The zero-order valence-electron chi connectivity index (χ0n) is 11.1. The number of hydrogen-bond donors (Lipinski definition) is 0. The van der Waals surface area contributed by atoms with Crippen LogP contribution in [0.3, 0.4) is 0 Å². The molecule has 2 nitrogen and oxygen atoms in total. The molecule has 2 heterocycles. The monoisotopic (exact) mass is 302 g/mol. The molecule has 0 saturated heterocycles. The average molecular weight is 303 g/mol. The van der Waals surface area contributed by atoms with Gasteiger partial charge in [-0.1, -0.05) is 54.1 Å². The molecule has 2 aromatic rings. The highest BCUT2D eigenvalue weighted by atomic mass is 35.5. The summed E-state index contributed by atoms with van der Waals surface area (Å²) in [6.07, 6.45) is 3.29. The summed E-state index contributed by atoms with van der Waals surface area (Å²) in [6, 6.07) is 11.5. The van der Waals surface area contributed by atoms with Gasteiger partial charge in [0.25, 0.3) is 0 Å². The van der Waals surface area contributed by atoms with E-state index in [1.807, 2.05) is 42.5 Å². The highest BCUT2D eigenvalue weighted by molar-refractivity contribution is 6.32. The Morgan fingerprint density at radius 1 is 1.14 bits per heavy atom. The Morgan fingerprint density at radius 2 is 1.90 bits per heavy atom. The lowest BCUT2D eigenvalue weighted by Gasteiger charge is -2.14. The summed E-state index contributed by atoms with van der Waals surface area (Å²) >= 11 is 6.10. The van der Waals surface area contributed by atoms with Crippen molar-refractivity contribution in [1.82, 2.24) is 0 Å². The Bertz CT molecular complexity index is 727. The average Bonchev–Trinajstić information content (AvgIpc) is 3.12. The van der Waals surface area contributed by atoms with Gasteiger partial charge in [-0.15, -0.1) is 0 Å². The van der Waals surface area contributed by atoms with Crippen LogP contribution >= 0.6 is 11.6 Å². The molecule has 21 heavy (non-hydrogen) atoms. The molecule has 4 heteroatoms. The summed E-state index contributed by atoms with van der Waals surface area (Å²) < 4.78 is 25.7. The molecule has 0 aromatic heterocycles. The molecule has 2 aromatic carbocycles. The zero-order valence-corrected chi connectivity index (χ0v) is 11.8. The van der Waals surface area contributed by atoms with E-state index in [0.29, 0.717) is 17.9 Å². The highest BCUT2D eigenvalue weighted by Gasteiger charge is 2.38. The second-order valence-corrected chi connectivity index (χ2v) is 5.52. The predicted octanol–water partition coefficient (Wildman–Crippen LogP) is 4.74. The third kappa shape index (κ3) is 2.04. The van der Waals surface area contributed by atoms with Gasteiger partial charge >= 0.3 is 0 Å². The number of rotatable bonds is 3. The van der Waals surface area contributed by atoms with E-state index in [-0.39, 0.29) is 17.2 Å². The minimum Gasteiger partial charge on any atom is -0.487 e. The maximum absolute atomic E-state index is 14.4. The second kappa shape index (κ2) is 4.86. The Kier molecular flexibility index (Phi) is 2.98. The van der Waals surface area contributed by atoms with Gasteiger partial charge in [-0.3, -0.25) is 0 Å². The Balaban J connectivity index is 1.65. The van der Waals surface area contributed by atoms with Crippen molar-refractivity contribution in [2.75, 3.05) is 0 Å². The smallest absolute Gasteiger partial charge is 0.152 e. The van der Waals surface area contributed by atoms with Crippen LogP contribution in [-0.4, -0.2) is 0 Å². The van der Waals surface area contributed by atoms with Gasteiger partial charge in [0.2, 0.25) is 0 Å². The fourth-order valence-electron chi connectivity index (χ4n) is 2.79. The van der Waals surface area contributed by atoms with Crippen molar-refractivity contribution in [3.8, 4) is 5.75 Å². The fraction of sp³-hybridized carbons (Fsp3) is 0.176. The molecule has 4 rings (SSSR count). The molecular formula is C17H12ClFO2. The summed E-state index contributed by atoms with van der Waals surface area (Å²) in [4.78, 5) is 0. The normalized spacial score (nSPS) is 21.6. The van der Waals surface area contributed by atoms with Gasteiger partial charge in [0.1, 0.15) is 29.6 Å². The van der Waals surface area contributed by atoms with Crippen LogP contribution in [0.15, 0.2) is 48.6 Å². The van der Waals surface area contributed by atoms with Crippen molar-refractivity contribution in [2.24, 2.45) is 0 Å². The molecule has 0 fully saturated rings. The topological polar surface area (TPSA) is 18.5 Å². The largest absolute Gasteiger partial charge is 0.487 e. The van der Waals surface area contributed by atoms with E-state index >= 15 is 0 Å². The first-order chi connectivity index (χ1) is 10.2. The van der Waals surface area contributed by atoms with Crippen molar-refractivity contribution >= 4 is 11.6 Å². The van der Waals surface area contributed by atoms with Crippen molar-refractivity contribution in [3.05, 3.63) is 76.1 Å². The molecule has 0 radical (unpaired) electrons. The van der Waals surface area contributed by atoms with E-state index < -0.39 is 5.82 Å². The maximum Gasteiger partial charge on any atom is 0.152 e. The number of hydrogen-bond acceptors (Lipinski definition) is 2. The van der Waals surface area contributed by atoms with Crippen molar-refractivity contribution < 1.29 is 13.9 Å². The molecule has 0 saturated carbocycles. The Hall–Kier alpha value is -1.84. The number of halogens is 2. The molecule has 0 amide bonds. The minimum absolute atomic E-state index is 0.0224. The van der Waals surface area contributed by atoms with Crippen molar-refractivity contribution in [1.29, 1.82) is 0 Å². The van der Waals surface area contributed by atoms with E-state index in [2.05, 4.69) is 0 Å². The first-order valence-electron chi connectivity index (χ1n) is 6.76. The van der Waals surface area contributed by atoms with E-state index in [9.17, 15) is 4.39 Å². The van der Waals surface area contributed by atoms with Gasteiger partial charge in [-0.2, -0.15) is 0 Å². The molecule has 2 unspecified atom stereocenters. The van der Waals surface area contributed by atoms with Crippen LogP contribution in [0.1, 0.15) is 28.9 Å². The van der Waals surface area contributed by atoms with Gasteiger partial charge in [0.15, 0.2) is 5.82 Å². The van der Waals surface area contributed by atoms with Gasteiger partial charge in [-0.25, -0.2) is 4.39 Å². The van der Waals surface area contributed by atoms with Crippen LogP contribution < -0.4 is 4.74 Å². The number of ether oxygens (including phenoxy) is 2. The summed E-state index contributed by atoms with van der Waals surface area (Å²) in [7, 11) is 0. The molecule has 0 aliphatic carbocycles. The SMILES string of the molecule is Fc1c(Cl)c(OCc2ccccc2)cc2c1C1C=CC2O1. The Morgan fingerprint density at radius 3 is 2.71 bits per heavy atom. The van der Waals surface area contributed by atoms with Crippen LogP contribution in [0, 0.1) is 5.82 Å².